The minimum absolute atomic E-state index is 1.18. The molecule has 2 atom stereocenters. The lowest BCUT2D eigenvalue weighted by atomic mass is 10.1. The molecule has 0 saturated carbocycles. The van der Waals surface area contributed by atoms with Crippen molar-refractivity contribution in [3.05, 3.63) is 23.3 Å². The fourth-order valence-corrected chi connectivity index (χ4v) is 2.69. The molecule has 0 aliphatic heterocycles. The third kappa shape index (κ3) is 1.52. The molecule has 0 aromatic carbocycles. The van der Waals surface area contributed by atoms with E-state index >= 15 is 0 Å². The van der Waals surface area contributed by atoms with Crippen LogP contribution in [0, 0.1) is 0 Å². The summed E-state index contributed by atoms with van der Waals surface area (Å²) in [5.41, 5.74) is 0. The average molecular weight is 246 g/mol. The van der Waals surface area contributed by atoms with E-state index < -0.39 is 43.6 Å². The van der Waals surface area contributed by atoms with E-state index in [1.54, 1.807) is 0 Å². The molecule has 1 rings (SSSR count). The van der Waals surface area contributed by atoms with E-state index in [1.807, 2.05) is 0 Å². The van der Waals surface area contributed by atoms with Gasteiger partial charge in [-0.2, -0.15) is 0 Å². The SMILES string of the molecule is C[SiH](C)[C@]1(F)C(F)=C(F)C(F)=C(F)[C@@H]1F. The van der Waals surface area contributed by atoms with Gasteiger partial charge in [-0.05, 0) is 0 Å². The molecule has 7 heteroatoms. The lowest BCUT2D eigenvalue weighted by Gasteiger charge is -2.32. The van der Waals surface area contributed by atoms with Crippen LogP contribution < -0.4 is 0 Å². The van der Waals surface area contributed by atoms with Gasteiger partial charge in [0.1, 0.15) is 0 Å². The van der Waals surface area contributed by atoms with Gasteiger partial charge in [-0.1, -0.05) is 13.1 Å². The van der Waals surface area contributed by atoms with Gasteiger partial charge in [-0.3, -0.25) is 0 Å². The van der Waals surface area contributed by atoms with Crippen LogP contribution in [0.25, 0.3) is 0 Å². The molecule has 0 spiro atoms. The number of allylic oxidation sites excluding steroid dienone is 4. The Labute approximate surface area is 83.9 Å². The highest BCUT2D eigenvalue weighted by atomic mass is 28.3. The molecule has 86 valence electrons. The molecular formula is C8H8F6Si. The summed E-state index contributed by atoms with van der Waals surface area (Å²) < 4.78 is 77.8. The first-order valence-corrected chi connectivity index (χ1v) is 7.07. The van der Waals surface area contributed by atoms with Crippen LogP contribution in [-0.4, -0.2) is 20.3 Å². The summed E-state index contributed by atoms with van der Waals surface area (Å²) in [6.07, 6.45) is -3.09. The third-order valence-electron chi connectivity index (χ3n) is 2.36. The third-order valence-corrected chi connectivity index (χ3v) is 4.59. The van der Waals surface area contributed by atoms with E-state index in [0.717, 1.165) is 0 Å². The van der Waals surface area contributed by atoms with Crippen LogP contribution in [0.2, 0.25) is 13.1 Å². The van der Waals surface area contributed by atoms with Gasteiger partial charge in [0.05, 0.1) is 8.80 Å². The predicted octanol–water partition coefficient (Wildman–Crippen LogP) is 3.37. The van der Waals surface area contributed by atoms with Crippen molar-refractivity contribution in [2.75, 3.05) is 0 Å². The van der Waals surface area contributed by atoms with E-state index in [4.69, 9.17) is 0 Å². The second-order valence-electron chi connectivity index (χ2n) is 3.58. The first-order chi connectivity index (χ1) is 6.74. The maximum atomic E-state index is 13.7. The molecule has 0 radical (unpaired) electrons. The molecule has 0 aromatic rings. The van der Waals surface area contributed by atoms with Crippen LogP contribution in [-0.2, 0) is 0 Å². The second-order valence-corrected chi connectivity index (χ2v) is 6.72. The van der Waals surface area contributed by atoms with Crippen molar-refractivity contribution in [3.8, 4) is 0 Å². The molecule has 0 nitrogen and oxygen atoms in total. The van der Waals surface area contributed by atoms with Crippen molar-refractivity contribution in [1.29, 1.82) is 0 Å². The number of alkyl halides is 2. The van der Waals surface area contributed by atoms with Crippen molar-refractivity contribution in [2.24, 2.45) is 0 Å². The smallest absolute Gasteiger partial charge is 0.196 e. The molecule has 0 heterocycles. The number of hydrogen-bond acceptors (Lipinski definition) is 0. The van der Waals surface area contributed by atoms with Gasteiger partial charge in [-0.15, -0.1) is 0 Å². The van der Waals surface area contributed by atoms with Crippen LogP contribution >= 0.6 is 0 Å². The van der Waals surface area contributed by atoms with Crippen molar-refractivity contribution >= 4 is 8.80 Å². The van der Waals surface area contributed by atoms with Crippen LogP contribution in [0.3, 0.4) is 0 Å². The second kappa shape index (κ2) is 3.69. The van der Waals surface area contributed by atoms with Gasteiger partial charge in [0, 0.05) is 0 Å². The normalized spacial score (nSPS) is 33.0. The first kappa shape index (κ1) is 12.3. The van der Waals surface area contributed by atoms with Gasteiger partial charge in [0.25, 0.3) is 0 Å². The molecule has 0 bridgehead atoms. The summed E-state index contributed by atoms with van der Waals surface area (Å²) >= 11 is 0. The summed E-state index contributed by atoms with van der Waals surface area (Å²) in [7, 11) is -2.74. The lowest BCUT2D eigenvalue weighted by Crippen LogP contribution is -2.49. The summed E-state index contributed by atoms with van der Waals surface area (Å²) in [6.45, 7) is 2.35. The molecular weight excluding hydrogens is 238 g/mol. The average Bonchev–Trinajstić information content (AvgIpc) is 2.20. The van der Waals surface area contributed by atoms with E-state index in [2.05, 4.69) is 0 Å². The van der Waals surface area contributed by atoms with E-state index in [1.165, 1.54) is 13.1 Å². The number of rotatable bonds is 1. The molecule has 0 fully saturated rings. The van der Waals surface area contributed by atoms with Crippen molar-refractivity contribution < 1.29 is 26.3 Å². The van der Waals surface area contributed by atoms with Crippen LogP contribution in [0.5, 0.6) is 0 Å². The van der Waals surface area contributed by atoms with E-state index in [-0.39, 0.29) is 0 Å². The largest absolute Gasteiger partial charge is 0.237 e. The molecule has 0 aromatic heterocycles. The van der Waals surface area contributed by atoms with Crippen molar-refractivity contribution in [2.45, 2.75) is 24.6 Å². The highest BCUT2D eigenvalue weighted by molar-refractivity contribution is 6.60. The summed E-state index contributed by atoms with van der Waals surface area (Å²) in [5.74, 6) is -8.94. The number of halogens is 6. The van der Waals surface area contributed by atoms with Gasteiger partial charge >= 0.3 is 0 Å². The minimum atomic E-state index is -3.34. The van der Waals surface area contributed by atoms with E-state index in [0.29, 0.717) is 0 Å². The Morgan fingerprint density at radius 3 is 1.93 bits per heavy atom. The zero-order valence-corrected chi connectivity index (χ0v) is 9.08. The Kier molecular flexibility index (Phi) is 3.04. The van der Waals surface area contributed by atoms with Crippen LogP contribution in [0.1, 0.15) is 0 Å². The molecule has 0 amide bonds. The fourth-order valence-electron chi connectivity index (χ4n) is 1.32. The Bertz CT molecular complexity index is 347. The standard InChI is InChI=1S/C8H8F6Si/c1-15(2)8(14)6(12)4(10)3(9)5(11)7(8)13/h6,15H,1-2H3/t6-,8-/m0/s1. The lowest BCUT2D eigenvalue weighted by molar-refractivity contribution is 0.119. The fraction of sp³-hybridized carbons (Fsp3) is 0.500. The maximum Gasteiger partial charge on any atom is 0.196 e. The number of hydrogen-bond donors (Lipinski definition) is 0. The van der Waals surface area contributed by atoms with Gasteiger partial charge in [-0.25, -0.2) is 26.3 Å². The topological polar surface area (TPSA) is 0 Å². The zero-order chi connectivity index (χ0) is 12.0. The first-order valence-electron chi connectivity index (χ1n) is 4.18. The molecule has 0 saturated heterocycles. The highest BCUT2D eigenvalue weighted by Gasteiger charge is 2.56. The summed E-state index contributed by atoms with van der Waals surface area (Å²) in [6, 6.07) is 0. The summed E-state index contributed by atoms with van der Waals surface area (Å²) in [5, 5.41) is -3.34. The van der Waals surface area contributed by atoms with Gasteiger partial charge < -0.3 is 0 Å². The Balaban J connectivity index is 3.39. The van der Waals surface area contributed by atoms with Crippen LogP contribution in [0.4, 0.5) is 26.3 Å². The maximum absolute atomic E-state index is 13.7. The van der Waals surface area contributed by atoms with Gasteiger partial charge in [0.2, 0.25) is 0 Å². The molecule has 1 aliphatic carbocycles. The minimum Gasteiger partial charge on any atom is -0.237 e. The summed E-state index contributed by atoms with van der Waals surface area (Å²) in [4.78, 5) is 0. The van der Waals surface area contributed by atoms with Crippen molar-refractivity contribution in [3.63, 3.8) is 0 Å². The van der Waals surface area contributed by atoms with Crippen molar-refractivity contribution in [1.82, 2.24) is 0 Å². The van der Waals surface area contributed by atoms with Gasteiger partial charge in [0.15, 0.2) is 34.8 Å². The molecule has 1 aliphatic rings. The molecule has 0 N–H and O–H groups in total. The molecule has 0 unspecified atom stereocenters. The van der Waals surface area contributed by atoms with Crippen LogP contribution in [0.15, 0.2) is 23.3 Å². The zero-order valence-electron chi connectivity index (χ0n) is 7.92. The quantitative estimate of drug-likeness (QED) is 0.491. The van der Waals surface area contributed by atoms with E-state index in [9.17, 15) is 26.3 Å². The highest BCUT2D eigenvalue weighted by Crippen LogP contribution is 2.45. The molecule has 15 heavy (non-hydrogen) atoms. The Morgan fingerprint density at radius 1 is 1.07 bits per heavy atom. The monoisotopic (exact) mass is 246 g/mol. The Morgan fingerprint density at radius 2 is 1.53 bits per heavy atom. The Hall–Kier alpha value is -0.723. The predicted molar refractivity (Wildman–Crippen MR) is 46.1 cm³/mol.